The van der Waals surface area contributed by atoms with Gasteiger partial charge in [0.2, 0.25) is 5.91 Å². The maximum absolute atomic E-state index is 12.4. The number of benzene rings is 2. The Hall–Kier alpha value is -3.75. The zero-order valence-corrected chi connectivity index (χ0v) is 13.8. The number of amides is 1. The summed E-state index contributed by atoms with van der Waals surface area (Å²) in [6, 6.07) is 12.3. The van der Waals surface area contributed by atoms with Crippen LogP contribution in [0.3, 0.4) is 0 Å². The van der Waals surface area contributed by atoms with Crippen LogP contribution in [0.1, 0.15) is 5.56 Å². The van der Waals surface area contributed by atoms with Crippen molar-refractivity contribution in [1.29, 1.82) is 0 Å². The normalized spacial score (nSPS) is 11.0. The van der Waals surface area contributed by atoms with Crippen LogP contribution in [0.2, 0.25) is 0 Å². The molecule has 0 aliphatic heterocycles. The second-order valence-electron chi connectivity index (χ2n) is 5.73. The van der Waals surface area contributed by atoms with Crippen molar-refractivity contribution in [2.75, 3.05) is 5.32 Å². The molecule has 1 amide bonds. The van der Waals surface area contributed by atoms with E-state index < -0.39 is 5.76 Å². The highest BCUT2D eigenvalue weighted by molar-refractivity contribution is 5.91. The van der Waals surface area contributed by atoms with Crippen molar-refractivity contribution in [1.82, 2.24) is 24.8 Å². The van der Waals surface area contributed by atoms with Gasteiger partial charge in [-0.05, 0) is 53.2 Å². The molecule has 0 bridgehead atoms. The number of hydrogen-bond acceptors (Lipinski definition) is 6. The molecule has 26 heavy (non-hydrogen) atoms. The van der Waals surface area contributed by atoms with Gasteiger partial charge in [-0.1, -0.05) is 12.1 Å². The van der Waals surface area contributed by atoms with Crippen LogP contribution < -0.4 is 11.1 Å². The van der Waals surface area contributed by atoms with Crippen molar-refractivity contribution < 1.29 is 9.21 Å². The highest BCUT2D eigenvalue weighted by Gasteiger charge is 2.13. The Bertz CT molecular complexity index is 1140. The Morgan fingerprint density at radius 2 is 2.08 bits per heavy atom. The van der Waals surface area contributed by atoms with E-state index in [9.17, 15) is 9.59 Å². The van der Waals surface area contributed by atoms with Gasteiger partial charge in [-0.25, -0.2) is 9.48 Å². The molecule has 0 saturated carbocycles. The van der Waals surface area contributed by atoms with Gasteiger partial charge in [0.25, 0.3) is 0 Å². The van der Waals surface area contributed by atoms with E-state index in [0.717, 1.165) is 11.3 Å². The summed E-state index contributed by atoms with van der Waals surface area (Å²) in [7, 11) is 0. The lowest BCUT2D eigenvalue weighted by Crippen LogP contribution is -2.24. The van der Waals surface area contributed by atoms with E-state index in [-0.39, 0.29) is 12.5 Å². The molecule has 0 atom stereocenters. The molecule has 0 saturated heterocycles. The third-order valence-corrected chi connectivity index (χ3v) is 3.95. The topological polar surface area (TPSA) is 108 Å². The number of tetrazole rings is 1. The molecule has 0 fully saturated rings. The summed E-state index contributed by atoms with van der Waals surface area (Å²) in [6.07, 6.45) is 1.50. The first-order valence-corrected chi connectivity index (χ1v) is 7.84. The van der Waals surface area contributed by atoms with E-state index in [0.29, 0.717) is 16.8 Å². The lowest BCUT2D eigenvalue weighted by atomic mass is 10.2. The number of aromatic nitrogens is 5. The number of nitrogens with zero attached hydrogens (tertiary/aromatic N) is 5. The number of carbonyl (C=O) groups excluding carboxylic acids is 1. The lowest BCUT2D eigenvalue weighted by Gasteiger charge is -2.09. The molecule has 0 radical (unpaired) electrons. The number of para-hydroxylation sites is 2. The average Bonchev–Trinajstić information content (AvgIpc) is 3.24. The van der Waals surface area contributed by atoms with Crippen molar-refractivity contribution >= 4 is 22.7 Å². The average molecular weight is 350 g/mol. The zero-order valence-electron chi connectivity index (χ0n) is 13.8. The monoisotopic (exact) mass is 350 g/mol. The maximum Gasteiger partial charge on any atom is 0.420 e. The molecule has 2 heterocycles. The highest BCUT2D eigenvalue weighted by Crippen LogP contribution is 2.18. The molecule has 0 aliphatic rings. The summed E-state index contributed by atoms with van der Waals surface area (Å²) in [4.78, 5) is 24.3. The first-order chi connectivity index (χ1) is 12.6. The van der Waals surface area contributed by atoms with Gasteiger partial charge in [0.05, 0.1) is 11.2 Å². The predicted molar refractivity (Wildman–Crippen MR) is 93.0 cm³/mol. The molecule has 9 nitrogen and oxygen atoms in total. The Morgan fingerprint density at radius 3 is 2.85 bits per heavy atom. The second-order valence-corrected chi connectivity index (χ2v) is 5.73. The first-order valence-electron chi connectivity index (χ1n) is 7.84. The minimum absolute atomic E-state index is 0.135. The molecule has 0 aliphatic carbocycles. The van der Waals surface area contributed by atoms with Gasteiger partial charge in [0.15, 0.2) is 5.58 Å². The molecular formula is C17H14N6O3. The van der Waals surface area contributed by atoms with Crippen LogP contribution in [-0.4, -0.2) is 30.7 Å². The standard InChI is InChI=1S/C17H14N6O3/c1-11-8-12(6-7-13(11)23-10-18-20-21-23)19-16(24)9-22-14-4-2-3-5-15(14)26-17(22)25/h2-8,10H,9H2,1H3,(H,19,24). The molecule has 2 aromatic carbocycles. The summed E-state index contributed by atoms with van der Waals surface area (Å²) < 4.78 is 7.97. The fraction of sp³-hybridized carbons (Fsp3) is 0.118. The molecule has 2 aromatic heterocycles. The lowest BCUT2D eigenvalue weighted by molar-refractivity contribution is -0.116. The molecule has 4 rings (SSSR count). The third kappa shape index (κ3) is 2.86. The van der Waals surface area contributed by atoms with Crippen LogP contribution in [0.25, 0.3) is 16.8 Å². The van der Waals surface area contributed by atoms with Crippen LogP contribution in [0.15, 0.2) is 58.0 Å². The summed E-state index contributed by atoms with van der Waals surface area (Å²) >= 11 is 0. The summed E-state index contributed by atoms with van der Waals surface area (Å²) in [5.74, 6) is -0.889. The van der Waals surface area contributed by atoms with Gasteiger partial charge in [-0.2, -0.15) is 0 Å². The van der Waals surface area contributed by atoms with Crippen LogP contribution in [0.4, 0.5) is 5.69 Å². The van der Waals surface area contributed by atoms with Crippen LogP contribution in [0.5, 0.6) is 0 Å². The number of anilines is 1. The molecule has 1 N–H and O–H groups in total. The SMILES string of the molecule is Cc1cc(NC(=O)Cn2c(=O)oc3ccccc32)ccc1-n1cnnn1. The Kier molecular flexibility index (Phi) is 3.81. The first kappa shape index (κ1) is 15.8. The quantitative estimate of drug-likeness (QED) is 0.598. The molecule has 0 unspecified atom stereocenters. The zero-order chi connectivity index (χ0) is 18.1. The van der Waals surface area contributed by atoms with Crippen molar-refractivity contribution in [2.45, 2.75) is 13.5 Å². The molecule has 130 valence electrons. The van der Waals surface area contributed by atoms with E-state index in [1.54, 1.807) is 36.4 Å². The van der Waals surface area contributed by atoms with Crippen molar-refractivity contribution in [2.24, 2.45) is 0 Å². The van der Waals surface area contributed by atoms with E-state index in [2.05, 4.69) is 20.8 Å². The Balaban J connectivity index is 1.54. The van der Waals surface area contributed by atoms with E-state index in [4.69, 9.17) is 4.42 Å². The predicted octanol–water partition coefficient (Wildman–Crippen LogP) is 1.52. The van der Waals surface area contributed by atoms with E-state index >= 15 is 0 Å². The smallest absolute Gasteiger partial charge is 0.408 e. The van der Waals surface area contributed by atoms with Crippen LogP contribution in [-0.2, 0) is 11.3 Å². The fourth-order valence-electron chi connectivity index (χ4n) is 2.77. The molecular weight excluding hydrogens is 336 g/mol. The number of rotatable bonds is 4. The largest absolute Gasteiger partial charge is 0.420 e. The van der Waals surface area contributed by atoms with Gasteiger partial charge >= 0.3 is 5.76 Å². The minimum Gasteiger partial charge on any atom is -0.408 e. The van der Waals surface area contributed by atoms with Gasteiger partial charge in [-0.3, -0.25) is 9.36 Å². The van der Waals surface area contributed by atoms with E-state index in [1.807, 2.05) is 13.0 Å². The summed E-state index contributed by atoms with van der Waals surface area (Å²) in [5.41, 5.74) is 3.35. The third-order valence-electron chi connectivity index (χ3n) is 3.95. The number of hydrogen-bond donors (Lipinski definition) is 1. The number of carbonyl (C=O) groups is 1. The van der Waals surface area contributed by atoms with Crippen LogP contribution >= 0.6 is 0 Å². The number of fused-ring (bicyclic) bond motifs is 1. The fourth-order valence-corrected chi connectivity index (χ4v) is 2.77. The Morgan fingerprint density at radius 1 is 1.23 bits per heavy atom. The van der Waals surface area contributed by atoms with E-state index in [1.165, 1.54) is 15.6 Å². The number of nitrogens with one attached hydrogen (secondary N) is 1. The van der Waals surface area contributed by atoms with Crippen LogP contribution in [0, 0.1) is 6.92 Å². The van der Waals surface area contributed by atoms with Gasteiger partial charge in [0, 0.05) is 5.69 Å². The van der Waals surface area contributed by atoms with Gasteiger partial charge < -0.3 is 9.73 Å². The second kappa shape index (κ2) is 6.28. The minimum atomic E-state index is -0.563. The molecule has 9 heteroatoms. The molecule has 4 aromatic rings. The van der Waals surface area contributed by atoms with Crippen molar-refractivity contribution in [3.05, 3.63) is 64.9 Å². The van der Waals surface area contributed by atoms with Gasteiger partial charge in [0.1, 0.15) is 12.9 Å². The molecule has 0 spiro atoms. The highest BCUT2D eigenvalue weighted by atomic mass is 16.4. The van der Waals surface area contributed by atoms with Crippen molar-refractivity contribution in [3.63, 3.8) is 0 Å². The number of aryl methyl sites for hydroxylation is 1. The summed E-state index contributed by atoms with van der Waals surface area (Å²) in [5, 5.41) is 13.8. The Labute approximate surface area is 146 Å². The van der Waals surface area contributed by atoms with Gasteiger partial charge in [-0.15, -0.1) is 5.10 Å². The van der Waals surface area contributed by atoms with Crippen molar-refractivity contribution in [3.8, 4) is 5.69 Å². The maximum atomic E-state index is 12.4. The number of oxazole rings is 1. The summed E-state index contributed by atoms with van der Waals surface area (Å²) in [6.45, 7) is 1.75.